The van der Waals surface area contributed by atoms with Crippen LogP contribution in [0, 0.1) is 23.7 Å². The number of cyclic esters (lactones) is 4. The topological polar surface area (TPSA) is 86.7 Å². The maximum absolute atomic E-state index is 12.5. The summed E-state index contributed by atoms with van der Waals surface area (Å²) in [6.07, 6.45) is 2.03. The van der Waals surface area contributed by atoms with Gasteiger partial charge in [0.2, 0.25) is 0 Å². The molecule has 4 aliphatic rings. The van der Waals surface area contributed by atoms with Crippen LogP contribution in [0.3, 0.4) is 0 Å². The molecule has 0 spiro atoms. The molecular formula is C32H18O6. The van der Waals surface area contributed by atoms with Crippen LogP contribution in [0.4, 0.5) is 0 Å². The van der Waals surface area contributed by atoms with E-state index in [1.807, 2.05) is 0 Å². The second kappa shape index (κ2) is 6.04. The van der Waals surface area contributed by atoms with E-state index in [1.165, 1.54) is 26.9 Å². The third kappa shape index (κ3) is 1.98. The lowest BCUT2D eigenvalue weighted by molar-refractivity contribution is -0.155. The molecule has 0 bridgehead atoms. The lowest BCUT2D eigenvalue weighted by Gasteiger charge is -2.27. The Morgan fingerprint density at radius 3 is 1.05 bits per heavy atom. The zero-order valence-electron chi connectivity index (χ0n) is 20.1. The molecule has 2 fully saturated rings. The molecule has 2 aliphatic carbocycles. The van der Waals surface area contributed by atoms with E-state index in [0.717, 1.165) is 49.2 Å². The molecule has 6 aromatic rings. The highest BCUT2D eigenvalue weighted by molar-refractivity contribution is 6.45. The summed E-state index contributed by atoms with van der Waals surface area (Å²) in [7, 11) is 0. The minimum absolute atomic E-state index is 0.401. The molecule has 4 unspecified atom stereocenters. The fraction of sp³-hybridized carbons (Fsp3) is 0.250. The molecular weight excluding hydrogens is 480 g/mol. The van der Waals surface area contributed by atoms with Gasteiger partial charge in [0.05, 0.1) is 23.7 Å². The van der Waals surface area contributed by atoms with Crippen molar-refractivity contribution in [3.8, 4) is 0 Å². The van der Waals surface area contributed by atoms with E-state index >= 15 is 0 Å². The lowest BCUT2D eigenvalue weighted by atomic mass is 9.73. The second-order valence-corrected chi connectivity index (χ2v) is 11.6. The first-order valence-corrected chi connectivity index (χ1v) is 13.2. The van der Waals surface area contributed by atoms with Gasteiger partial charge in [-0.3, -0.25) is 19.2 Å². The number of ether oxygens (including phenoxy) is 2. The molecule has 6 aromatic carbocycles. The summed E-state index contributed by atoms with van der Waals surface area (Å²) < 4.78 is 10.1. The van der Waals surface area contributed by atoms with Crippen molar-refractivity contribution in [2.45, 2.75) is 25.7 Å². The molecule has 10 rings (SSSR count). The summed E-state index contributed by atoms with van der Waals surface area (Å²) in [5.41, 5.74) is 4.59. The third-order valence-corrected chi connectivity index (χ3v) is 10.2. The van der Waals surface area contributed by atoms with Gasteiger partial charge in [-0.05, 0) is 102 Å². The van der Waals surface area contributed by atoms with Crippen LogP contribution in [0.5, 0.6) is 0 Å². The molecule has 0 saturated carbocycles. The first-order chi connectivity index (χ1) is 18.5. The average molecular weight is 498 g/mol. The number of rotatable bonds is 0. The largest absolute Gasteiger partial charge is 0.393 e. The van der Waals surface area contributed by atoms with Crippen molar-refractivity contribution >= 4 is 77.7 Å². The molecule has 38 heavy (non-hydrogen) atoms. The quantitative estimate of drug-likeness (QED) is 0.173. The van der Waals surface area contributed by atoms with Gasteiger partial charge in [-0.25, -0.2) is 0 Å². The normalized spacial score (nSPS) is 26.6. The predicted octanol–water partition coefficient (Wildman–Crippen LogP) is 4.59. The molecule has 6 nitrogen and oxygen atoms in total. The molecule has 0 amide bonds. The third-order valence-electron chi connectivity index (χ3n) is 10.2. The smallest absolute Gasteiger partial charge is 0.317 e. The Kier molecular flexibility index (Phi) is 3.14. The summed E-state index contributed by atoms with van der Waals surface area (Å²) in [5.74, 6) is -3.30. The molecule has 2 saturated heterocycles. The van der Waals surface area contributed by atoms with Gasteiger partial charge in [0, 0.05) is 0 Å². The Morgan fingerprint density at radius 1 is 0.421 bits per heavy atom. The monoisotopic (exact) mass is 498 g/mol. The average Bonchev–Trinajstić information content (AvgIpc) is 3.53. The standard InChI is InChI=1S/C32H18O6/c33-29-20-7-16-12-3-1-11-2-4-13-17-8-21-23(32(36)38-30(21)34)10-19(17)15-6-5-14(18(16)9-22(20)31(35)37-29)27-25(12)24(11)26(13)28(15)27/h1-6,20-23H,7-10H2. The van der Waals surface area contributed by atoms with Crippen LogP contribution in [0.15, 0.2) is 36.4 Å². The van der Waals surface area contributed by atoms with Gasteiger partial charge in [0.1, 0.15) is 0 Å². The molecule has 6 heteroatoms. The highest BCUT2D eigenvalue weighted by Gasteiger charge is 2.49. The Hall–Kier alpha value is -4.32. The fourth-order valence-electron chi connectivity index (χ4n) is 8.59. The van der Waals surface area contributed by atoms with Crippen LogP contribution in [-0.2, 0) is 54.3 Å². The number of carbonyl (C=O) groups is 4. The van der Waals surface area contributed by atoms with Crippen molar-refractivity contribution < 1.29 is 28.7 Å². The minimum Gasteiger partial charge on any atom is -0.393 e. The van der Waals surface area contributed by atoms with Gasteiger partial charge in [-0.1, -0.05) is 36.4 Å². The Bertz CT molecular complexity index is 1990. The molecule has 0 N–H and O–H groups in total. The van der Waals surface area contributed by atoms with Crippen molar-refractivity contribution in [3.63, 3.8) is 0 Å². The van der Waals surface area contributed by atoms with E-state index in [4.69, 9.17) is 9.47 Å². The van der Waals surface area contributed by atoms with Crippen molar-refractivity contribution in [2.75, 3.05) is 0 Å². The van der Waals surface area contributed by atoms with Gasteiger partial charge in [0.15, 0.2) is 0 Å². The van der Waals surface area contributed by atoms with Crippen LogP contribution in [0.2, 0.25) is 0 Å². The summed E-state index contributed by atoms with van der Waals surface area (Å²) in [6, 6.07) is 13.0. The summed E-state index contributed by atoms with van der Waals surface area (Å²) >= 11 is 0. The predicted molar refractivity (Wildman–Crippen MR) is 139 cm³/mol. The van der Waals surface area contributed by atoms with Crippen molar-refractivity contribution in [1.82, 2.24) is 0 Å². The SMILES string of the molecule is O=C1OC(=O)C2Cc3c(c4ccc5ccc6c7c(c8ccc3c3c4c5c6c83)CC3C(=O)OC(=O)C3C7)CC12. The van der Waals surface area contributed by atoms with Crippen molar-refractivity contribution in [2.24, 2.45) is 23.7 Å². The fourth-order valence-corrected chi connectivity index (χ4v) is 8.59. The number of hydrogen-bond acceptors (Lipinski definition) is 6. The Balaban J connectivity index is 1.37. The first-order valence-electron chi connectivity index (χ1n) is 13.2. The van der Waals surface area contributed by atoms with Gasteiger partial charge < -0.3 is 9.47 Å². The van der Waals surface area contributed by atoms with Crippen LogP contribution < -0.4 is 0 Å². The van der Waals surface area contributed by atoms with E-state index in [2.05, 4.69) is 36.4 Å². The maximum atomic E-state index is 12.5. The highest BCUT2D eigenvalue weighted by atomic mass is 16.6. The van der Waals surface area contributed by atoms with E-state index in [1.54, 1.807) is 0 Å². The van der Waals surface area contributed by atoms with Crippen LogP contribution in [0.25, 0.3) is 53.9 Å². The van der Waals surface area contributed by atoms with Crippen molar-refractivity contribution in [3.05, 3.63) is 58.7 Å². The first kappa shape index (κ1) is 19.7. The molecule has 182 valence electrons. The van der Waals surface area contributed by atoms with Crippen LogP contribution in [0.1, 0.15) is 22.3 Å². The van der Waals surface area contributed by atoms with E-state index in [-0.39, 0.29) is 0 Å². The second-order valence-electron chi connectivity index (χ2n) is 11.6. The van der Waals surface area contributed by atoms with E-state index in [0.29, 0.717) is 25.7 Å². The summed E-state index contributed by atoms with van der Waals surface area (Å²) in [6.45, 7) is 0. The minimum atomic E-state index is -0.426. The summed E-state index contributed by atoms with van der Waals surface area (Å²) in [5, 5.41) is 11.8. The molecule has 0 aromatic heterocycles. The number of fused-ring (bicyclic) bond motifs is 8. The van der Waals surface area contributed by atoms with Gasteiger partial charge in [-0.2, -0.15) is 0 Å². The van der Waals surface area contributed by atoms with Gasteiger partial charge in [-0.15, -0.1) is 0 Å². The van der Waals surface area contributed by atoms with Gasteiger partial charge in [0.25, 0.3) is 0 Å². The zero-order chi connectivity index (χ0) is 25.2. The number of esters is 4. The van der Waals surface area contributed by atoms with E-state index < -0.39 is 47.5 Å². The number of carbonyl (C=O) groups excluding carboxylic acids is 4. The Labute approximate surface area is 214 Å². The van der Waals surface area contributed by atoms with E-state index in [9.17, 15) is 19.2 Å². The number of hydrogen-bond donors (Lipinski definition) is 0. The maximum Gasteiger partial charge on any atom is 0.317 e. The van der Waals surface area contributed by atoms with Crippen molar-refractivity contribution in [1.29, 1.82) is 0 Å². The lowest BCUT2D eigenvalue weighted by Crippen LogP contribution is -2.28. The zero-order valence-corrected chi connectivity index (χ0v) is 20.1. The number of benzene rings is 5. The molecule has 2 heterocycles. The van der Waals surface area contributed by atoms with Gasteiger partial charge >= 0.3 is 23.9 Å². The van der Waals surface area contributed by atoms with Crippen LogP contribution >= 0.6 is 0 Å². The molecule has 4 atom stereocenters. The highest BCUT2D eigenvalue weighted by Crippen LogP contribution is 2.55. The Morgan fingerprint density at radius 2 is 0.711 bits per heavy atom. The summed E-state index contributed by atoms with van der Waals surface area (Å²) in [4.78, 5) is 50.1. The molecule has 0 radical (unpaired) electrons. The molecule has 2 aliphatic heterocycles. The van der Waals surface area contributed by atoms with Crippen LogP contribution in [-0.4, -0.2) is 23.9 Å².